The van der Waals surface area contributed by atoms with Gasteiger partial charge in [-0.15, -0.1) is 22.5 Å². The smallest absolute Gasteiger partial charge is 0.271 e. The number of hydrogen-bond acceptors (Lipinski definition) is 4. The molecular weight excluding hydrogens is 216 g/mol. The van der Waals surface area contributed by atoms with Crippen LogP contribution in [0.3, 0.4) is 0 Å². The summed E-state index contributed by atoms with van der Waals surface area (Å²) in [4.78, 5) is 11.4. The lowest BCUT2D eigenvalue weighted by Crippen LogP contribution is -2.24. The van der Waals surface area contributed by atoms with Crippen LogP contribution >= 0.6 is 0 Å². The van der Waals surface area contributed by atoms with Crippen molar-refractivity contribution < 1.29 is 4.79 Å². The lowest BCUT2D eigenvalue weighted by molar-refractivity contribution is 0.0950. The number of amides is 1. The molecule has 0 radical (unpaired) electrons. The van der Waals surface area contributed by atoms with Crippen molar-refractivity contribution in [2.75, 3.05) is 18.4 Å². The Labute approximate surface area is 101 Å². The zero-order valence-corrected chi connectivity index (χ0v) is 9.86. The molecule has 0 saturated heterocycles. The maximum Gasteiger partial charge on any atom is 0.271 e. The third kappa shape index (κ3) is 4.51. The summed E-state index contributed by atoms with van der Waals surface area (Å²) < 4.78 is 0. The van der Waals surface area contributed by atoms with Crippen molar-refractivity contribution in [2.45, 2.75) is 19.8 Å². The Kier molecular flexibility index (Phi) is 5.52. The molecule has 0 fully saturated rings. The fraction of sp³-hybridized carbons (Fsp3) is 0.417. The van der Waals surface area contributed by atoms with Gasteiger partial charge in [0.05, 0.1) is 0 Å². The Balaban J connectivity index is 2.45. The van der Waals surface area contributed by atoms with Gasteiger partial charge in [-0.2, -0.15) is 0 Å². The van der Waals surface area contributed by atoms with Gasteiger partial charge in [-0.3, -0.25) is 4.79 Å². The molecule has 0 aliphatic carbocycles. The quantitative estimate of drug-likeness (QED) is 0.568. The van der Waals surface area contributed by atoms with Gasteiger partial charge in [0.15, 0.2) is 5.69 Å². The SMILES string of the molecule is C#CCCCNc1ccc(C(=O)NCC)nn1. The largest absolute Gasteiger partial charge is 0.369 e. The van der Waals surface area contributed by atoms with Crippen LogP contribution in [0.2, 0.25) is 0 Å². The molecule has 0 bridgehead atoms. The van der Waals surface area contributed by atoms with E-state index in [4.69, 9.17) is 6.42 Å². The van der Waals surface area contributed by atoms with Gasteiger partial charge in [0.2, 0.25) is 0 Å². The van der Waals surface area contributed by atoms with Crippen molar-refractivity contribution >= 4 is 11.7 Å². The Hall–Kier alpha value is -2.09. The van der Waals surface area contributed by atoms with Crippen LogP contribution < -0.4 is 10.6 Å². The van der Waals surface area contributed by atoms with E-state index in [-0.39, 0.29) is 5.91 Å². The second-order valence-electron chi connectivity index (χ2n) is 3.40. The molecule has 1 amide bonds. The molecule has 0 atom stereocenters. The summed E-state index contributed by atoms with van der Waals surface area (Å²) in [5.41, 5.74) is 0.320. The second kappa shape index (κ2) is 7.23. The second-order valence-corrected chi connectivity index (χ2v) is 3.40. The average Bonchev–Trinajstić information content (AvgIpc) is 2.36. The van der Waals surface area contributed by atoms with E-state index in [2.05, 4.69) is 26.8 Å². The van der Waals surface area contributed by atoms with Gasteiger partial charge in [-0.25, -0.2) is 0 Å². The predicted molar refractivity (Wildman–Crippen MR) is 66.6 cm³/mol. The number of aromatic nitrogens is 2. The molecule has 5 heteroatoms. The summed E-state index contributed by atoms with van der Waals surface area (Å²) in [6.07, 6.45) is 6.76. The molecule has 2 N–H and O–H groups in total. The highest BCUT2D eigenvalue weighted by Gasteiger charge is 2.05. The van der Waals surface area contributed by atoms with E-state index in [0.717, 1.165) is 19.4 Å². The lowest BCUT2D eigenvalue weighted by Gasteiger charge is -2.04. The van der Waals surface area contributed by atoms with Crippen molar-refractivity contribution in [3.8, 4) is 12.3 Å². The molecule has 90 valence electrons. The molecule has 0 spiro atoms. The highest BCUT2D eigenvalue weighted by Crippen LogP contribution is 2.02. The molecule has 0 saturated carbocycles. The minimum absolute atomic E-state index is 0.209. The predicted octanol–water partition coefficient (Wildman–Crippen LogP) is 1.05. The van der Waals surface area contributed by atoms with Crippen LogP contribution in [0.5, 0.6) is 0 Å². The molecular formula is C12H16N4O. The number of rotatable bonds is 6. The monoisotopic (exact) mass is 232 g/mol. The first-order chi connectivity index (χ1) is 8.27. The average molecular weight is 232 g/mol. The highest BCUT2D eigenvalue weighted by molar-refractivity contribution is 5.92. The maximum absolute atomic E-state index is 11.4. The van der Waals surface area contributed by atoms with E-state index in [1.54, 1.807) is 12.1 Å². The van der Waals surface area contributed by atoms with E-state index >= 15 is 0 Å². The van der Waals surface area contributed by atoms with Crippen molar-refractivity contribution in [1.82, 2.24) is 15.5 Å². The minimum atomic E-state index is -0.209. The van der Waals surface area contributed by atoms with Gasteiger partial charge in [-0.1, -0.05) is 0 Å². The van der Waals surface area contributed by atoms with Crippen LogP contribution in [-0.4, -0.2) is 29.2 Å². The van der Waals surface area contributed by atoms with Crippen molar-refractivity contribution in [3.05, 3.63) is 17.8 Å². The van der Waals surface area contributed by atoms with Crippen LogP contribution in [0.15, 0.2) is 12.1 Å². The van der Waals surface area contributed by atoms with E-state index in [0.29, 0.717) is 18.1 Å². The fourth-order valence-corrected chi connectivity index (χ4v) is 1.21. The Morgan fingerprint density at radius 1 is 1.47 bits per heavy atom. The van der Waals surface area contributed by atoms with Gasteiger partial charge in [0, 0.05) is 19.5 Å². The van der Waals surface area contributed by atoms with Gasteiger partial charge in [0.1, 0.15) is 5.82 Å². The molecule has 0 aliphatic heterocycles. The summed E-state index contributed by atoms with van der Waals surface area (Å²) in [5.74, 6) is 3.00. The molecule has 5 nitrogen and oxygen atoms in total. The van der Waals surface area contributed by atoms with Crippen LogP contribution in [0.25, 0.3) is 0 Å². The van der Waals surface area contributed by atoms with Crippen LogP contribution in [-0.2, 0) is 0 Å². The van der Waals surface area contributed by atoms with Gasteiger partial charge >= 0.3 is 0 Å². The summed E-state index contributed by atoms with van der Waals surface area (Å²) in [7, 11) is 0. The molecule has 1 aromatic heterocycles. The lowest BCUT2D eigenvalue weighted by atomic mass is 10.3. The molecule has 1 aromatic rings. The van der Waals surface area contributed by atoms with Gasteiger partial charge in [0.25, 0.3) is 5.91 Å². The van der Waals surface area contributed by atoms with E-state index in [9.17, 15) is 4.79 Å². The fourth-order valence-electron chi connectivity index (χ4n) is 1.21. The summed E-state index contributed by atoms with van der Waals surface area (Å²) >= 11 is 0. The number of nitrogens with zero attached hydrogens (tertiary/aromatic N) is 2. The zero-order chi connectivity index (χ0) is 12.5. The summed E-state index contributed by atoms with van der Waals surface area (Å²) in [6, 6.07) is 3.37. The number of hydrogen-bond donors (Lipinski definition) is 2. The number of carbonyl (C=O) groups excluding carboxylic acids is 1. The zero-order valence-electron chi connectivity index (χ0n) is 9.86. The van der Waals surface area contributed by atoms with E-state index < -0.39 is 0 Å². The van der Waals surface area contributed by atoms with Crippen LogP contribution in [0.1, 0.15) is 30.3 Å². The standard InChI is InChI=1S/C12H16N4O/c1-3-5-6-9-14-11-8-7-10(15-16-11)12(17)13-4-2/h1,7-8H,4-6,9H2,2H3,(H,13,17)(H,14,16). The molecule has 1 heterocycles. The van der Waals surface area contributed by atoms with E-state index in [1.165, 1.54) is 0 Å². The third-order valence-electron chi connectivity index (χ3n) is 2.04. The number of anilines is 1. The van der Waals surface area contributed by atoms with E-state index in [1.807, 2.05) is 6.92 Å². The number of carbonyl (C=O) groups is 1. The Morgan fingerprint density at radius 2 is 2.29 bits per heavy atom. The first-order valence-corrected chi connectivity index (χ1v) is 5.57. The normalized spacial score (nSPS) is 9.41. The molecule has 0 aliphatic rings. The van der Waals surface area contributed by atoms with Crippen molar-refractivity contribution in [1.29, 1.82) is 0 Å². The van der Waals surface area contributed by atoms with Gasteiger partial charge < -0.3 is 10.6 Å². The highest BCUT2D eigenvalue weighted by atomic mass is 16.1. The topological polar surface area (TPSA) is 66.9 Å². The molecule has 0 unspecified atom stereocenters. The first kappa shape index (κ1) is 13.0. The minimum Gasteiger partial charge on any atom is -0.369 e. The molecule has 1 rings (SSSR count). The number of unbranched alkanes of at least 4 members (excludes halogenated alkanes) is 1. The van der Waals surface area contributed by atoms with Gasteiger partial charge in [-0.05, 0) is 25.5 Å². The first-order valence-electron chi connectivity index (χ1n) is 5.57. The maximum atomic E-state index is 11.4. The Bertz CT molecular complexity index is 394. The number of nitrogens with one attached hydrogen (secondary N) is 2. The third-order valence-corrected chi connectivity index (χ3v) is 2.04. The van der Waals surface area contributed by atoms with Crippen LogP contribution in [0.4, 0.5) is 5.82 Å². The summed E-state index contributed by atoms with van der Waals surface area (Å²) in [6.45, 7) is 3.18. The summed E-state index contributed by atoms with van der Waals surface area (Å²) in [5, 5.41) is 13.5. The molecule has 0 aromatic carbocycles. The van der Waals surface area contributed by atoms with Crippen molar-refractivity contribution in [3.63, 3.8) is 0 Å². The number of terminal acetylenes is 1. The molecule has 17 heavy (non-hydrogen) atoms. The Morgan fingerprint density at radius 3 is 2.88 bits per heavy atom. The van der Waals surface area contributed by atoms with Crippen molar-refractivity contribution in [2.24, 2.45) is 0 Å². The van der Waals surface area contributed by atoms with Crippen LogP contribution in [0, 0.1) is 12.3 Å².